The molecule has 1 fully saturated rings. The lowest BCUT2D eigenvalue weighted by Gasteiger charge is -2.07. The quantitative estimate of drug-likeness (QED) is 0.852. The molecule has 0 unspecified atom stereocenters. The molecule has 0 spiro atoms. The van der Waals surface area contributed by atoms with Gasteiger partial charge in [-0.1, -0.05) is 17.3 Å². The van der Waals surface area contributed by atoms with Crippen LogP contribution in [0.15, 0.2) is 28.8 Å². The molecule has 0 atom stereocenters. The maximum atomic E-state index is 12.1. The number of hydrogen-bond acceptors (Lipinski definition) is 4. The van der Waals surface area contributed by atoms with Gasteiger partial charge in [0, 0.05) is 17.3 Å². The molecule has 6 nitrogen and oxygen atoms in total. The summed E-state index contributed by atoms with van der Waals surface area (Å²) in [7, 11) is 0. The number of nitrogens with zero attached hydrogens (tertiary/aromatic N) is 1. The lowest BCUT2D eigenvalue weighted by molar-refractivity contribution is -0.120. The van der Waals surface area contributed by atoms with Crippen molar-refractivity contribution >= 4 is 17.5 Å². The Labute approximate surface area is 140 Å². The van der Waals surface area contributed by atoms with Gasteiger partial charge in [-0.05, 0) is 44.4 Å². The van der Waals surface area contributed by atoms with Gasteiger partial charge in [-0.3, -0.25) is 9.59 Å². The van der Waals surface area contributed by atoms with Crippen LogP contribution < -0.4 is 10.6 Å². The first kappa shape index (κ1) is 16.2. The largest absolute Gasteiger partial charge is 0.361 e. The summed E-state index contributed by atoms with van der Waals surface area (Å²) >= 11 is 0. The minimum Gasteiger partial charge on any atom is -0.361 e. The maximum Gasteiger partial charge on any atom is 0.228 e. The summed E-state index contributed by atoms with van der Waals surface area (Å²) < 4.78 is 5.06. The summed E-state index contributed by atoms with van der Waals surface area (Å²) in [5.74, 6) is 0.594. The van der Waals surface area contributed by atoms with Crippen LogP contribution in [0.3, 0.4) is 0 Å². The number of carbonyl (C=O) groups excluding carboxylic acids is 2. The van der Waals surface area contributed by atoms with Gasteiger partial charge in [0.2, 0.25) is 11.8 Å². The topological polar surface area (TPSA) is 84.2 Å². The molecule has 2 amide bonds. The molecule has 2 aromatic rings. The summed E-state index contributed by atoms with van der Waals surface area (Å²) in [5, 5.41) is 9.66. The monoisotopic (exact) mass is 327 g/mol. The molecule has 1 saturated carbocycles. The van der Waals surface area contributed by atoms with Gasteiger partial charge < -0.3 is 15.2 Å². The Morgan fingerprint density at radius 1 is 1.12 bits per heavy atom. The van der Waals surface area contributed by atoms with Gasteiger partial charge in [-0.25, -0.2) is 0 Å². The molecule has 0 bridgehead atoms. The average Bonchev–Trinajstić information content (AvgIpc) is 3.30. The summed E-state index contributed by atoms with van der Waals surface area (Å²) in [5.41, 5.74) is 3.19. The van der Waals surface area contributed by atoms with E-state index in [0.717, 1.165) is 29.7 Å². The number of anilines is 1. The third-order valence-corrected chi connectivity index (χ3v) is 4.06. The van der Waals surface area contributed by atoms with E-state index in [9.17, 15) is 9.59 Å². The van der Waals surface area contributed by atoms with Crippen LogP contribution in [0.2, 0.25) is 0 Å². The minimum absolute atomic E-state index is 0.0488. The summed E-state index contributed by atoms with van der Waals surface area (Å²) in [6.45, 7) is 3.62. The number of nitrogens with one attached hydrogen (secondary N) is 2. The van der Waals surface area contributed by atoms with Gasteiger partial charge in [-0.2, -0.15) is 0 Å². The fourth-order valence-electron chi connectivity index (χ4n) is 2.52. The standard InChI is InChI=1S/C18H21N3O3/c1-11-16(12(2)24-21-11)10-18(23)20-14-5-3-13(4-6-14)9-17(22)19-15-7-8-15/h3-6,15H,7-10H2,1-2H3,(H,19,22)(H,20,23). The van der Waals surface area contributed by atoms with E-state index in [1.165, 1.54) is 0 Å². The van der Waals surface area contributed by atoms with Crippen molar-refractivity contribution < 1.29 is 14.1 Å². The fourth-order valence-corrected chi connectivity index (χ4v) is 2.52. The van der Waals surface area contributed by atoms with Crippen molar-refractivity contribution in [3.63, 3.8) is 0 Å². The molecule has 1 heterocycles. The Hall–Kier alpha value is -2.63. The molecule has 0 saturated heterocycles. The number of aromatic nitrogens is 1. The van der Waals surface area contributed by atoms with E-state index in [4.69, 9.17) is 4.52 Å². The lowest BCUT2D eigenvalue weighted by atomic mass is 10.1. The zero-order valence-electron chi connectivity index (χ0n) is 13.9. The van der Waals surface area contributed by atoms with Crippen molar-refractivity contribution in [1.29, 1.82) is 0 Å². The van der Waals surface area contributed by atoms with E-state index in [2.05, 4.69) is 15.8 Å². The van der Waals surface area contributed by atoms with Gasteiger partial charge in [0.05, 0.1) is 18.5 Å². The molecule has 6 heteroatoms. The highest BCUT2D eigenvalue weighted by Crippen LogP contribution is 2.19. The van der Waals surface area contributed by atoms with Crippen molar-refractivity contribution in [2.75, 3.05) is 5.32 Å². The molecule has 1 aromatic heterocycles. The van der Waals surface area contributed by atoms with Crippen LogP contribution >= 0.6 is 0 Å². The van der Waals surface area contributed by atoms with Crippen molar-refractivity contribution in [1.82, 2.24) is 10.5 Å². The zero-order valence-corrected chi connectivity index (χ0v) is 13.9. The third-order valence-electron chi connectivity index (χ3n) is 4.06. The Morgan fingerprint density at radius 2 is 1.83 bits per heavy atom. The highest BCUT2D eigenvalue weighted by molar-refractivity contribution is 5.92. The zero-order chi connectivity index (χ0) is 17.1. The number of benzene rings is 1. The normalized spacial score (nSPS) is 13.6. The molecule has 2 N–H and O–H groups in total. The van der Waals surface area contributed by atoms with Gasteiger partial charge in [-0.15, -0.1) is 0 Å². The number of hydrogen-bond donors (Lipinski definition) is 2. The van der Waals surface area contributed by atoms with Crippen molar-refractivity contribution in [3.8, 4) is 0 Å². The van der Waals surface area contributed by atoms with Gasteiger partial charge in [0.15, 0.2) is 0 Å². The number of amides is 2. The van der Waals surface area contributed by atoms with E-state index in [0.29, 0.717) is 23.9 Å². The Bertz CT molecular complexity index is 726. The first-order chi connectivity index (χ1) is 11.5. The van der Waals surface area contributed by atoms with Crippen LogP contribution in [-0.2, 0) is 22.4 Å². The Balaban J connectivity index is 1.53. The van der Waals surface area contributed by atoms with Gasteiger partial charge in [0.25, 0.3) is 0 Å². The van der Waals surface area contributed by atoms with Crippen LogP contribution in [0.25, 0.3) is 0 Å². The van der Waals surface area contributed by atoms with E-state index in [-0.39, 0.29) is 18.2 Å². The second-order valence-electron chi connectivity index (χ2n) is 6.24. The first-order valence-corrected chi connectivity index (χ1v) is 8.11. The maximum absolute atomic E-state index is 12.1. The molecular formula is C18H21N3O3. The Kier molecular flexibility index (Phi) is 4.64. The average molecular weight is 327 g/mol. The minimum atomic E-state index is -0.122. The summed E-state index contributed by atoms with van der Waals surface area (Å²) in [4.78, 5) is 23.9. The van der Waals surface area contributed by atoms with Gasteiger partial charge >= 0.3 is 0 Å². The molecule has 0 aliphatic heterocycles. The second kappa shape index (κ2) is 6.86. The molecule has 1 aliphatic rings. The van der Waals surface area contributed by atoms with E-state index >= 15 is 0 Å². The molecule has 3 rings (SSSR count). The van der Waals surface area contributed by atoms with Crippen LogP contribution in [0.1, 0.15) is 35.4 Å². The fraction of sp³-hybridized carbons (Fsp3) is 0.389. The highest BCUT2D eigenvalue weighted by atomic mass is 16.5. The molecule has 1 aliphatic carbocycles. The predicted octanol–water partition coefficient (Wildman–Crippen LogP) is 2.29. The molecule has 24 heavy (non-hydrogen) atoms. The number of aryl methyl sites for hydroxylation is 2. The van der Waals surface area contributed by atoms with Crippen LogP contribution in [0, 0.1) is 13.8 Å². The smallest absolute Gasteiger partial charge is 0.228 e. The SMILES string of the molecule is Cc1noc(C)c1CC(=O)Nc1ccc(CC(=O)NC2CC2)cc1. The summed E-state index contributed by atoms with van der Waals surface area (Å²) in [6, 6.07) is 7.71. The highest BCUT2D eigenvalue weighted by Gasteiger charge is 2.23. The van der Waals surface area contributed by atoms with E-state index < -0.39 is 0 Å². The second-order valence-corrected chi connectivity index (χ2v) is 6.24. The van der Waals surface area contributed by atoms with Crippen molar-refractivity contribution in [3.05, 3.63) is 46.8 Å². The number of carbonyl (C=O) groups is 2. The van der Waals surface area contributed by atoms with Crippen LogP contribution in [0.4, 0.5) is 5.69 Å². The van der Waals surface area contributed by atoms with Crippen LogP contribution in [-0.4, -0.2) is 23.0 Å². The molecule has 0 radical (unpaired) electrons. The lowest BCUT2D eigenvalue weighted by Crippen LogP contribution is -2.26. The molecule has 1 aromatic carbocycles. The first-order valence-electron chi connectivity index (χ1n) is 8.11. The predicted molar refractivity (Wildman–Crippen MR) is 89.6 cm³/mol. The van der Waals surface area contributed by atoms with Crippen molar-refractivity contribution in [2.24, 2.45) is 0 Å². The number of rotatable bonds is 6. The molecular weight excluding hydrogens is 306 g/mol. The van der Waals surface area contributed by atoms with Crippen LogP contribution in [0.5, 0.6) is 0 Å². The molecule has 126 valence electrons. The summed E-state index contributed by atoms with van der Waals surface area (Å²) in [6.07, 6.45) is 2.76. The van der Waals surface area contributed by atoms with E-state index in [1.807, 2.05) is 31.2 Å². The van der Waals surface area contributed by atoms with Gasteiger partial charge in [0.1, 0.15) is 5.76 Å². The Morgan fingerprint density at radius 3 is 2.42 bits per heavy atom. The van der Waals surface area contributed by atoms with Crippen molar-refractivity contribution in [2.45, 2.75) is 45.6 Å². The third kappa shape index (κ3) is 4.22. The van der Waals surface area contributed by atoms with E-state index in [1.54, 1.807) is 6.92 Å².